The molecule has 0 aliphatic heterocycles. The molecule has 4 aromatic rings. The minimum atomic E-state index is -0.450. The summed E-state index contributed by atoms with van der Waals surface area (Å²) in [5, 5.41) is 12.1. The number of nitro groups is 1. The fraction of sp³-hybridized carbons (Fsp3) is 0.136. The molecule has 2 heterocycles. The smallest absolute Gasteiger partial charge is 0.270 e. The average molecular weight is 434 g/mol. The molecular weight excluding hydrogens is 416 g/mol. The van der Waals surface area contributed by atoms with Crippen molar-refractivity contribution in [2.75, 3.05) is 7.11 Å². The van der Waals surface area contributed by atoms with Gasteiger partial charge in [-0.25, -0.2) is 14.5 Å². The molecular formula is C22H18N4O4S. The van der Waals surface area contributed by atoms with Gasteiger partial charge in [0.2, 0.25) is 0 Å². The van der Waals surface area contributed by atoms with Gasteiger partial charge in [-0.15, -0.1) is 0 Å². The molecule has 0 fully saturated rings. The van der Waals surface area contributed by atoms with Crippen LogP contribution in [0.15, 0.2) is 70.7 Å². The highest BCUT2D eigenvalue weighted by molar-refractivity contribution is 7.98. The Hall–Kier alpha value is -3.72. The molecule has 31 heavy (non-hydrogen) atoms. The average Bonchev–Trinajstić information content (AvgIpc) is 2.78. The molecule has 0 aliphatic carbocycles. The SMILES string of the molecule is COc1ccc([N+](=O)[O-])cc1CSc1nc2ccccc2c(=O)n1-c1ccc(C)cn1. The number of ether oxygens (including phenoxy) is 1. The highest BCUT2D eigenvalue weighted by Gasteiger charge is 2.17. The molecule has 2 aromatic heterocycles. The summed E-state index contributed by atoms with van der Waals surface area (Å²) in [7, 11) is 1.51. The summed E-state index contributed by atoms with van der Waals surface area (Å²) < 4.78 is 6.82. The van der Waals surface area contributed by atoms with Crippen LogP contribution >= 0.6 is 11.8 Å². The first-order valence-corrected chi connectivity index (χ1v) is 10.4. The number of hydrogen-bond acceptors (Lipinski definition) is 7. The van der Waals surface area contributed by atoms with E-state index < -0.39 is 4.92 Å². The quantitative estimate of drug-likeness (QED) is 0.193. The fourth-order valence-corrected chi connectivity index (χ4v) is 4.12. The van der Waals surface area contributed by atoms with Crippen molar-refractivity contribution >= 4 is 28.4 Å². The first kappa shape index (κ1) is 20.5. The number of fused-ring (bicyclic) bond motifs is 1. The van der Waals surface area contributed by atoms with Gasteiger partial charge in [-0.1, -0.05) is 30.0 Å². The van der Waals surface area contributed by atoms with Gasteiger partial charge in [-0.3, -0.25) is 14.9 Å². The van der Waals surface area contributed by atoms with Crippen LogP contribution in [-0.4, -0.2) is 26.6 Å². The highest BCUT2D eigenvalue weighted by Crippen LogP contribution is 2.31. The van der Waals surface area contributed by atoms with Crippen LogP contribution in [-0.2, 0) is 5.75 Å². The molecule has 9 heteroatoms. The van der Waals surface area contributed by atoms with Crippen LogP contribution in [0.1, 0.15) is 11.1 Å². The van der Waals surface area contributed by atoms with E-state index in [-0.39, 0.29) is 11.2 Å². The molecule has 0 unspecified atom stereocenters. The van der Waals surface area contributed by atoms with Crippen LogP contribution in [0.2, 0.25) is 0 Å². The van der Waals surface area contributed by atoms with Crippen LogP contribution in [0, 0.1) is 17.0 Å². The Kier molecular flexibility index (Phi) is 5.68. The van der Waals surface area contributed by atoms with Crippen molar-refractivity contribution in [3.63, 3.8) is 0 Å². The lowest BCUT2D eigenvalue weighted by Crippen LogP contribution is -2.22. The van der Waals surface area contributed by atoms with E-state index in [9.17, 15) is 14.9 Å². The second kappa shape index (κ2) is 8.57. The third-order valence-electron chi connectivity index (χ3n) is 4.70. The van der Waals surface area contributed by atoms with Gasteiger partial charge in [0.15, 0.2) is 5.16 Å². The molecule has 0 aliphatic rings. The summed E-state index contributed by atoms with van der Waals surface area (Å²) in [6.07, 6.45) is 1.69. The third kappa shape index (κ3) is 4.13. The number of nitrogens with zero attached hydrogens (tertiary/aromatic N) is 4. The van der Waals surface area contributed by atoms with Gasteiger partial charge in [0.05, 0.1) is 22.9 Å². The summed E-state index contributed by atoms with van der Waals surface area (Å²) in [4.78, 5) is 33.1. The third-order valence-corrected chi connectivity index (χ3v) is 5.69. The number of non-ortho nitro benzene ring substituents is 1. The van der Waals surface area contributed by atoms with E-state index in [1.165, 1.54) is 35.6 Å². The summed E-state index contributed by atoms with van der Waals surface area (Å²) in [5.74, 6) is 1.31. The zero-order valence-corrected chi connectivity index (χ0v) is 17.6. The second-order valence-electron chi connectivity index (χ2n) is 6.79. The van der Waals surface area contributed by atoms with Crippen molar-refractivity contribution < 1.29 is 9.66 Å². The van der Waals surface area contributed by atoms with Gasteiger partial charge in [0.25, 0.3) is 11.2 Å². The van der Waals surface area contributed by atoms with Crippen LogP contribution in [0.3, 0.4) is 0 Å². The van der Waals surface area contributed by atoms with Crippen molar-refractivity contribution in [3.05, 3.63) is 92.4 Å². The molecule has 0 amide bonds. The Morgan fingerprint density at radius 1 is 1.16 bits per heavy atom. The van der Waals surface area contributed by atoms with Gasteiger partial charge in [-0.2, -0.15) is 0 Å². The largest absolute Gasteiger partial charge is 0.496 e. The molecule has 0 radical (unpaired) electrons. The van der Waals surface area contributed by atoms with Gasteiger partial charge in [0, 0.05) is 29.6 Å². The van der Waals surface area contributed by atoms with E-state index in [0.29, 0.717) is 38.9 Å². The van der Waals surface area contributed by atoms with E-state index in [2.05, 4.69) is 9.97 Å². The number of benzene rings is 2. The molecule has 156 valence electrons. The summed E-state index contributed by atoms with van der Waals surface area (Å²) in [6, 6.07) is 15.2. The number of aromatic nitrogens is 3. The molecule has 0 bridgehead atoms. The van der Waals surface area contributed by atoms with Gasteiger partial charge < -0.3 is 4.74 Å². The number of methoxy groups -OCH3 is 1. The Bertz CT molecular complexity index is 1340. The second-order valence-corrected chi connectivity index (χ2v) is 7.73. The van der Waals surface area contributed by atoms with Crippen molar-refractivity contribution in [3.8, 4) is 11.6 Å². The van der Waals surface area contributed by atoms with Crippen LogP contribution < -0.4 is 10.3 Å². The maximum atomic E-state index is 13.3. The number of rotatable bonds is 6. The number of nitro benzene ring substituents is 1. The Morgan fingerprint density at radius 2 is 1.97 bits per heavy atom. The van der Waals surface area contributed by atoms with Crippen LogP contribution in [0.25, 0.3) is 16.7 Å². The number of thioether (sulfide) groups is 1. The van der Waals surface area contributed by atoms with Crippen molar-refractivity contribution in [1.82, 2.24) is 14.5 Å². The predicted octanol–water partition coefficient (Wildman–Crippen LogP) is 4.30. The molecule has 0 N–H and O–H groups in total. The number of hydrogen-bond donors (Lipinski definition) is 0. The lowest BCUT2D eigenvalue weighted by atomic mass is 10.2. The Labute approximate surface area is 181 Å². The van der Waals surface area contributed by atoms with Crippen molar-refractivity contribution in [1.29, 1.82) is 0 Å². The zero-order valence-electron chi connectivity index (χ0n) is 16.8. The van der Waals surface area contributed by atoms with E-state index in [1.54, 1.807) is 36.5 Å². The summed E-state index contributed by atoms with van der Waals surface area (Å²) in [5.41, 5.74) is 1.92. The predicted molar refractivity (Wildman–Crippen MR) is 119 cm³/mol. The highest BCUT2D eigenvalue weighted by atomic mass is 32.2. The molecule has 2 aromatic carbocycles. The first-order valence-electron chi connectivity index (χ1n) is 9.37. The molecule has 4 rings (SSSR count). The Morgan fingerprint density at radius 3 is 2.68 bits per heavy atom. The van der Waals surface area contributed by atoms with Crippen LogP contribution in [0.4, 0.5) is 5.69 Å². The summed E-state index contributed by atoms with van der Waals surface area (Å²) >= 11 is 1.29. The summed E-state index contributed by atoms with van der Waals surface area (Å²) in [6.45, 7) is 1.92. The van der Waals surface area contributed by atoms with E-state index in [4.69, 9.17) is 4.74 Å². The lowest BCUT2D eigenvalue weighted by Gasteiger charge is -2.13. The number of para-hydroxylation sites is 1. The lowest BCUT2D eigenvalue weighted by molar-refractivity contribution is -0.384. The minimum absolute atomic E-state index is 0.0273. The van der Waals surface area contributed by atoms with Gasteiger partial charge in [-0.05, 0) is 36.8 Å². The Balaban J connectivity index is 1.81. The van der Waals surface area contributed by atoms with E-state index >= 15 is 0 Å². The monoisotopic (exact) mass is 434 g/mol. The molecule has 0 saturated carbocycles. The van der Waals surface area contributed by atoms with Crippen LogP contribution in [0.5, 0.6) is 5.75 Å². The molecule has 0 spiro atoms. The molecule has 0 atom stereocenters. The van der Waals surface area contributed by atoms with Gasteiger partial charge in [0.1, 0.15) is 11.6 Å². The standard InChI is InChI=1S/C22H18N4O4S/c1-14-7-10-20(23-12-14)25-21(27)17-5-3-4-6-18(17)24-22(25)31-13-15-11-16(26(28)29)8-9-19(15)30-2/h3-12H,13H2,1-2H3. The number of pyridine rings is 1. The van der Waals surface area contributed by atoms with Gasteiger partial charge >= 0.3 is 0 Å². The zero-order chi connectivity index (χ0) is 22.0. The maximum Gasteiger partial charge on any atom is 0.270 e. The topological polar surface area (TPSA) is 100 Å². The first-order chi connectivity index (χ1) is 15.0. The minimum Gasteiger partial charge on any atom is -0.496 e. The molecule has 0 saturated heterocycles. The normalized spacial score (nSPS) is 10.9. The maximum absolute atomic E-state index is 13.3. The molecule has 8 nitrogen and oxygen atoms in total. The van der Waals surface area contributed by atoms with E-state index in [1.807, 2.05) is 19.1 Å². The fourth-order valence-electron chi connectivity index (χ4n) is 3.14. The number of aryl methyl sites for hydroxylation is 1. The van der Waals surface area contributed by atoms with E-state index in [0.717, 1.165) is 5.56 Å². The van der Waals surface area contributed by atoms with Crippen molar-refractivity contribution in [2.45, 2.75) is 17.8 Å². The van der Waals surface area contributed by atoms with Crippen molar-refractivity contribution in [2.24, 2.45) is 0 Å².